The van der Waals surface area contributed by atoms with Crippen molar-refractivity contribution in [3.63, 3.8) is 0 Å². The van der Waals surface area contributed by atoms with Crippen molar-refractivity contribution in [1.29, 1.82) is 0 Å². The Morgan fingerprint density at radius 3 is 2.38 bits per heavy atom. The van der Waals surface area contributed by atoms with E-state index in [0.29, 0.717) is 0 Å². The van der Waals surface area contributed by atoms with Crippen LogP contribution in [0.3, 0.4) is 0 Å². The fourth-order valence-electron chi connectivity index (χ4n) is 0.901. The summed E-state index contributed by atoms with van der Waals surface area (Å²) in [7, 11) is -3.93. The van der Waals surface area contributed by atoms with Crippen molar-refractivity contribution < 1.29 is 38.0 Å². The first-order chi connectivity index (χ1) is 5.43. The Kier molecular flexibility index (Phi) is 4.61. The van der Waals surface area contributed by atoms with E-state index in [4.69, 9.17) is 5.14 Å². The molecule has 0 amide bonds. The van der Waals surface area contributed by atoms with Gasteiger partial charge in [-0.2, -0.15) is 0 Å². The fraction of sp³-hybridized carbons (Fsp3) is 0.500. The molecule has 0 aliphatic carbocycles. The van der Waals surface area contributed by atoms with Crippen molar-refractivity contribution in [2.75, 3.05) is 0 Å². The van der Waals surface area contributed by atoms with Gasteiger partial charge in [0.05, 0.1) is 0 Å². The largest absolute Gasteiger partial charge is 1.00 e. The molecule has 0 aliphatic rings. The van der Waals surface area contributed by atoms with Crippen LogP contribution in [-0.2, 0) is 10.0 Å². The normalized spacial score (nSPS) is 11.4. The van der Waals surface area contributed by atoms with Crippen molar-refractivity contribution in [3.05, 3.63) is 17.5 Å². The molecular weight excluding hydrogens is 201 g/mol. The molecule has 0 spiro atoms. The zero-order valence-electron chi connectivity index (χ0n) is 7.85. The second-order valence-corrected chi connectivity index (χ2v) is 4.09. The number of nitrogens with one attached hydrogen (secondary N) is 1. The maximum absolute atomic E-state index is 10.8. The van der Waals surface area contributed by atoms with Crippen molar-refractivity contribution in [2.24, 2.45) is 0 Å². The van der Waals surface area contributed by atoms with E-state index in [1.807, 2.05) is 13.8 Å². The zero-order chi connectivity index (χ0) is 9.35. The molecule has 1 aromatic heterocycles. The second-order valence-electron chi connectivity index (χ2n) is 2.71. The van der Waals surface area contributed by atoms with Crippen molar-refractivity contribution in [2.45, 2.75) is 25.0 Å². The van der Waals surface area contributed by atoms with Gasteiger partial charge in [-0.15, -0.1) is 0 Å². The molecule has 0 saturated heterocycles. The number of aromatic nitrogens is 2. The molecular formula is C6H10N3NaO2S. The van der Waals surface area contributed by atoms with E-state index in [-0.39, 0.29) is 40.8 Å². The summed E-state index contributed by atoms with van der Waals surface area (Å²) < 4.78 is 23.1. The standard InChI is InChI=1S/C6H10N3O2S.Na/c1-5(2)9-4-3-8-6(9)12(7,10)11;/h3-5H,1-2H3,(H-,7,10,11);/q-1;+1. The molecule has 0 aliphatic heterocycles. The van der Waals surface area contributed by atoms with E-state index < -0.39 is 10.0 Å². The molecule has 1 aromatic rings. The predicted octanol–water partition coefficient (Wildman–Crippen LogP) is -1.79. The minimum atomic E-state index is -3.93. The maximum atomic E-state index is 10.8. The molecule has 0 bridgehead atoms. The summed E-state index contributed by atoms with van der Waals surface area (Å²) in [6.45, 7) is 3.66. The third kappa shape index (κ3) is 3.07. The van der Waals surface area contributed by atoms with Gasteiger partial charge in [-0.05, 0) is 13.8 Å². The molecule has 68 valence electrons. The van der Waals surface area contributed by atoms with E-state index in [1.165, 1.54) is 10.8 Å². The van der Waals surface area contributed by atoms with Crippen LogP contribution in [0.2, 0.25) is 0 Å². The average molecular weight is 211 g/mol. The van der Waals surface area contributed by atoms with Gasteiger partial charge in [0.2, 0.25) is 5.16 Å². The Morgan fingerprint density at radius 2 is 2.08 bits per heavy atom. The molecule has 1 N–H and O–H groups in total. The van der Waals surface area contributed by atoms with E-state index in [9.17, 15) is 8.42 Å². The molecule has 1 rings (SSSR count). The third-order valence-electron chi connectivity index (χ3n) is 1.43. The zero-order valence-corrected chi connectivity index (χ0v) is 10.7. The Bertz CT molecular complexity index is 371. The van der Waals surface area contributed by atoms with E-state index >= 15 is 0 Å². The number of sulfonamides is 1. The third-order valence-corrected chi connectivity index (χ3v) is 2.23. The summed E-state index contributed by atoms with van der Waals surface area (Å²) in [6.07, 6.45) is 2.92. The van der Waals surface area contributed by atoms with E-state index in [2.05, 4.69) is 4.98 Å². The smallest absolute Gasteiger partial charge is 0.557 e. The first kappa shape index (κ1) is 13.1. The first-order valence-electron chi connectivity index (χ1n) is 3.45. The molecule has 0 radical (unpaired) electrons. The Balaban J connectivity index is 0.00000144. The average Bonchev–Trinajstić information content (AvgIpc) is 2.30. The minimum Gasteiger partial charge on any atom is -0.557 e. The van der Waals surface area contributed by atoms with Crippen LogP contribution in [0.25, 0.3) is 5.14 Å². The van der Waals surface area contributed by atoms with Crippen molar-refractivity contribution >= 4 is 10.0 Å². The van der Waals surface area contributed by atoms with E-state index in [1.54, 1.807) is 6.20 Å². The maximum Gasteiger partial charge on any atom is 1.00 e. The van der Waals surface area contributed by atoms with Crippen LogP contribution in [-0.4, -0.2) is 18.0 Å². The van der Waals surface area contributed by atoms with Crippen molar-refractivity contribution in [1.82, 2.24) is 9.55 Å². The molecule has 0 fully saturated rings. The summed E-state index contributed by atoms with van der Waals surface area (Å²) in [5, 5.41) is 6.62. The topological polar surface area (TPSA) is 75.8 Å². The summed E-state index contributed by atoms with van der Waals surface area (Å²) >= 11 is 0. The molecule has 5 nitrogen and oxygen atoms in total. The number of hydrogen-bond donors (Lipinski definition) is 0. The quantitative estimate of drug-likeness (QED) is 0.542. The van der Waals surface area contributed by atoms with Crippen LogP contribution in [0.1, 0.15) is 19.9 Å². The molecule has 0 aromatic carbocycles. The molecule has 0 saturated carbocycles. The summed E-state index contributed by atoms with van der Waals surface area (Å²) in [4.78, 5) is 3.60. The van der Waals surface area contributed by atoms with Gasteiger partial charge in [0.25, 0.3) is 0 Å². The second kappa shape index (κ2) is 4.56. The van der Waals surface area contributed by atoms with Gasteiger partial charge >= 0.3 is 29.6 Å². The predicted molar refractivity (Wildman–Crippen MR) is 44.1 cm³/mol. The first-order valence-corrected chi connectivity index (χ1v) is 4.93. The minimum absolute atomic E-state index is 0. The van der Waals surface area contributed by atoms with Gasteiger partial charge in [-0.3, -0.25) is 0 Å². The molecule has 7 heteroatoms. The SMILES string of the molecule is CC(C)n1ccnc1S([NH-])(=O)=O.[Na+]. The van der Waals surface area contributed by atoms with Crippen molar-refractivity contribution in [3.8, 4) is 0 Å². The Hall–Kier alpha value is 0.120. The van der Waals surface area contributed by atoms with Crippen LogP contribution < -0.4 is 29.6 Å². The Labute approximate surface area is 99.7 Å². The Morgan fingerprint density at radius 1 is 1.54 bits per heavy atom. The molecule has 13 heavy (non-hydrogen) atoms. The number of nitrogens with zero attached hydrogens (tertiary/aromatic N) is 2. The van der Waals surface area contributed by atoms with Gasteiger partial charge in [-0.25, -0.2) is 13.4 Å². The van der Waals surface area contributed by atoms with Gasteiger partial charge in [0.15, 0.2) is 0 Å². The molecule has 0 unspecified atom stereocenters. The van der Waals surface area contributed by atoms with Gasteiger partial charge in [0.1, 0.15) is 10.0 Å². The van der Waals surface area contributed by atoms with Crippen LogP contribution in [0.5, 0.6) is 0 Å². The molecule has 1 heterocycles. The molecule has 0 atom stereocenters. The number of rotatable bonds is 2. The van der Waals surface area contributed by atoms with Crippen LogP contribution in [0.4, 0.5) is 0 Å². The summed E-state index contributed by atoms with van der Waals surface area (Å²) in [6, 6.07) is 0.00243. The monoisotopic (exact) mass is 211 g/mol. The van der Waals surface area contributed by atoms with Crippen LogP contribution in [0.15, 0.2) is 17.6 Å². The van der Waals surface area contributed by atoms with Gasteiger partial charge in [0, 0.05) is 18.4 Å². The summed E-state index contributed by atoms with van der Waals surface area (Å²) in [5.41, 5.74) is 0. The van der Waals surface area contributed by atoms with Gasteiger partial charge in [-0.1, -0.05) is 0 Å². The fourth-order valence-corrected chi connectivity index (χ4v) is 1.65. The summed E-state index contributed by atoms with van der Waals surface area (Å²) in [5.74, 6) is 0. The van der Waals surface area contributed by atoms with Crippen LogP contribution in [0, 0.1) is 0 Å². The number of imidazole rings is 1. The number of hydrogen-bond acceptors (Lipinski definition) is 3. The van der Waals surface area contributed by atoms with Gasteiger partial charge < -0.3 is 9.71 Å². The van der Waals surface area contributed by atoms with Crippen LogP contribution >= 0.6 is 0 Å². The van der Waals surface area contributed by atoms with E-state index in [0.717, 1.165) is 0 Å².